The molecule has 0 spiro atoms. The second kappa shape index (κ2) is 5.36. The Bertz CT molecular complexity index is 554. The summed E-state index contributed by atoms with van der Waals surface area (Å²) in [6.45, 7) is 1.65. The topological polar surface area (TPSA) is 64.6 Å². The second-order valence-electron chi connectivity index (χ2n) is 4.82. The molecule has 2 aliphatic heterocycles. The summed E-state index contributed by atoms with van der Waals surface area (Å²) in [5.74, 6) is 1.66. The Morgan fingerprint density at radius 2 is 2.35 bits per heavy atom. The summed E-state index contributed by atoms with van der Waals surface area (Å²) in [7, 11) is 0. The minimum absolute atomic E-state index is 0.0287. The number of amides is 1. The highest BCUT2D eigenvalue weighted by atomic mass is 32.2. The van der Waals surface area contributed by atoms with Crippen LogP contribution in [-0.2, 0) is 9.53 Å². The number of thioether (sulfide) groups is 1. The fourth-order valence-corrected chi connectivity index (χ4v) is 3.30. The maximum absolute atomic E-state index is 12.2. The van der Waals surface area contributed by atoms with Crippen LogP contribution >= 0.6 is 11.8 Å². The van der Waals surface area contributed by atoms with Gasteiger partial charge >= 0.3 is 5.97 Å². The summed E-state index contributed by atoms with van der Waals surface area (Å²) in [6, 6.07) is 5.08. The Labute approximate surface area is 121 Å². The monoisotopic (exact) mass is 293 g/mol. The fourth-order valence-electron chi connectivity index (χ4n) is 2.21. The summed E-state index contributed by atoms with van der Waals surface area (Å²) < 4.78 is 11.0. The van der Waals surface area contributed by atoms with Crippen LogP contribution < -0.4 is 10.1 Å². The average Bonchev–Trinajstić information content (AvgIpc) is 2.92. The lowest BCUT2D eigenvalue weighted by Gasteiger charge is -2.25. The molecule has 2 aliphatic rings. The van der Waals surface area contributed by atoms with Crippen molar-refractivity contribution in [3.8, 4) is 5.75 Å². The van der Waals surface area contributed by atoms with E-state index in [1.807, 2.05) is 0 Å². The highest BCUT2D eigenvalue weighted by molar-refractivity contribution is 7.99. The Morgan fingerprint density at radius 3 is 3.10 bits per heavy atom. The zero-order valence-electron chi connectivity index (χ0n) is 11.0. The number of carbonyl (C=O) groups is 2. The van der Waals surface area contributed by atoms with Gasteiger partial charge in [0.05, 0.1) is 5.69 Å². The molecule has 106 valence electrons. The van der Waals surface area contributed by atoms with Gasteiger partial charge in [-0.2, -0.15) is 11.8 Å². The number of esters is 1. The smallest absolute Gasteiger partial charge is 0.342 e. The third-order valence-corrected chi connectivity index (χ3v) is 4.45. The molecule has 0 radical (unpaired) electrons. The SMILES string of the molecule is C[C@H]1Oc2c(cccc2C(=O)O[C@H]2CCSC2)NC1=O. The molecule has 1 amide bonds. The van der Waals surface area contributed by atoms with Crippen molar-refractivity contribution >= 4 is 29.3 Å². The molecule has 5 nitrogen and oxygen atoms in total. The van der Waals surface area contributed by atoms with Gasteiger partial charge in [0.25, 0.3) is 5.91 Å². The van der Waals surface area contributed by atoms with Crippen LogP contribution in [0.2, 0.25) is 0 Å². The number of fused-ring (bicyclic) bond motifs is 1. The van der Waals surface area contributed by atoms with Crippen molar-refractivity contribution in [2.75, 3.05) is 16.8 Å². The Kier molecular flexibility index (Phi) is 3.56. The molecule has 0 bridgehead atoms. The second-order valence-corrected chi connectivity index (χ2v) is 5.97. The van der Waals surface area contributed by atoms with E-state index >= 15 is 0 Å². The maximum atomic E-state index is 12.2. The maximum Gasteiger partial charge on any atom is 0.342 e. The minimum Gasteiger partial charge on any atom is -0.478 e. The van der Waals surface area contributed by atoms with E-state index in [0.717, 1.165) is 17.9 Å². The molecular weight excluding hydrogens is 278 g/mol. The Morgan fingerprint density at radius 1 is 1.50 bits per heavy atom. The van der Waals surface area contributed by atoms with Gasteiger partial charge in [0, 0.05) is 5.75 Å². The van der Waals surface area contributed by atoms with Crippen LogP contribution in [0.5, 0.6) is 5.75 Å². The molecule has 1 saturated heterocycles. The van der Waals surface area contributed by atoms with Crippen LogP contribution in [-0.4, -0.2) is 35.6 Å². The highest BCUT2D eigenvalue weighted by Crippen LogP contribution is 2.34. The van der Waals surface area contributed by atoms with Gasteiger partial charge in [0.15, 0.2) is 11.9 Å². The number of rotatable bonds is 2. The first kappa shape index (κ1) is 13.3. The molecule has 3 rings (SSSR count). The largest absolute Gasteiger partial charge is 0.478 e. The number of nitrogens with one attached hydrogen (secondary N) is 1. The molecule has 1 aromatic rings. The van der Waals surface area contributed by atoms with Gasteiger partial charge in [-0.25, -0.2) is 4.79 Å². The molecule has 0 aromatic heterocycles. The zero-order chi connectivity index (χ0) is 14.1. The molecule has 1 N–H and O–H groups in total. The first-order valence-corrected chi connectivity index (χ1v) is 7.70. The summed E-state index contributed by atoms with van der Waals surface area (Å²) in [6.07, 6.45) is 0.247. The first-order chi connectivity index (χ1) is 9.65. The van der Waals surface area contributed by atoms with E-state index in [0.29, 0.717) is 17.0 Å². The molecule has 0 saturated carbocycles. The predicted octanol–water partition coefficient (Wildman–Crippen LogP) is 2.07. The van der Waals surface area contributed by atoms with Crippen molar-refractivity contribution in [2.24, 2.45) is 0 Å². The normalized spacial score (nSPS) is 24.6. The van der Waals surface area contributed by atoms with Gasteiger partial charge in [-0.15, -0.1) is 0 Å². The lowest BCUT2D eigenvalue weighted by Crippen LogP contribution is -2.35. The number of anilines is 1. The standard InChI is InChI=1S/C14H15NO4S/c1-8-13(16)15-11-4-2-3-10(12(11)18-8)14(17)19-9-5-6-20-7-9/h2-4,8-9H,5-7H2,1H3,(H,15,16)/t8-,9+/m1/s1. The van der Waals surface area contributed by atoms with Gasteiger partial charge in [0.1, 0.15) is 11.7 Å². The number of hydrogen-bond donors (Lipinski definition) is 1. The van der Waals surface area contributed by atoms with Crippen molar-refractivity contribution < 1.29 is 19.1 Å². The number of ether oxygens (including phenoxy) is 2. The van der Waals surface area contributed by atoms with Crippen molar-refractivity contribution in [3.05, 3.63) is 23.8 Å². The lowest BCUT2D eigenvalue weighted by molar-refractivity contribution is -0.122. The van der Waals surface area contributed by atoms with Crippen molar-refractivity contribution in [1.82, 2.24) is 0 Å². The predicted molar refractivity (Wildman–Crippen MR) is 76.3 cm³/mol. The third-order valence-electron chi connectivity index (χ3n) is 3.32. The van der Waals surface area contributed by atoms with E-state index in [4.69, 9.17) is 9.47 Å². The van der Waals surface area contributed by atoms with E-state index in [-0.39, 0.29) is 12.0 Å². The van der Waals surface area contributed by atoms with Crippen LogP contribution in [0, 0.1) is 0 Å². The Hall–Kier alpha value is -1.69. The molecule has 2 atom stereocenters. The van der Waals surface area contributed by atoms with E-state index in [2.05, 4.69) is 5.32 Å². The van der Waals surface area contributed by atoms with E-state index < -0.39 is 12.1 Å². The summed E-state index contributed by atoms with van der Waals surface area (Å²) in [4.78, 5) is 23.8. The van der Waals surface area contributed by atoms with Crippen LogP contribution in [0.1, 0.15) is 23.7 Å². The van der Waals surface area contributed by atoms with Crippen LogP contribution in [0.3, 0.4) is 0 Å². The third kappa shape index (κ3) is 2.47. The van der Waals surface area contributed by atoms with Gasteiger partial charge in [0.2, 0.25) is 0 Å². The van der Waals surface area contributed by atoms with Crippen LogP contribution in [0.15, 0.2) is 18.2 Å². The summed E-state index contributed by atoms with van der Waals surface area (Å²) >= 11 is 1.78. The molecular formula is C14H15NO4S. The van der Waals surface area contributed by atoms with Crippen molar-refractivity contribution in [3.63, 3.8) is 0 Å². The quantitative estimate of drug-likeness (QED) is 0.846. The Balaban J connectivity index is 1.84. The molecule has 20 heavy (non-hydrogen) atoms. The number of para-hydroxylation sites is 1. The number of benzene rings is 1. The van der Waals surface area contributed by atoms with Gasteiger partial charge in [-0.3, -0.25) is 4.79 Å². The molecule has 2 heterocycles. The molecule has 0 aliphatic carbocycles. The first-order valence-electron chi connectivity index (χ1n) is 6.54. The minimum atomic E-state index is -0.613. The summed E-state index contributed by atoms with van der Waals surface area (Å²) in [5, 5.41) is 2.72. The van der Waals surface area contributed by atoms with Crippen molar-refractivity contribution in [1.29, 1.82) is 0 Å². The van der Waals surface area contributed by atoms with Crippen LogP contribution in [0.25, 0.3) is 0 Å². The van der Waals surface area contributed by atoms with E-state index in [1.165, 1.54) is 0 Å². The highest BCUT2D eigenvalue weighted by Gasteiger charge is 2.29. The molecule has 0 unspecified atom stereocenters. The summed E-state index contributed by atoms with van der Waals surface area (Å²) in [5.41, 5.74) is 0.884. The van der Waals surface area contributed by atoms with Gasteiger partial charge < -0.3 is 14.8 Å². The zero-order valence-corrected chi connectivity index (χ0v) is 11.9. The average molecular weight is 293 g/mol. The molecule has 1 fully saturated rings. The van der Waals surface area contributed by atoms with E-state index in [1.54, 1.807) is 36.9 Å². The van der Waals surface area contributed by atoms with Gasteiger partial charge in [-0.05, 0) is 31.2 Å². The fraction of sp³-hybridized carbons (Fsp3) is 0.429. The van der Waals surface area contributed by atoms with Crippen molar-refractivity contribution in [2.45, 2.75) is 25.6 Å². The number of hydrogen-bond acceptors (Lipinski definition) is 5. The molecule has 6 heteroatoms. The lowest BCUT2D eigenvalue weighted by atomic mass is 10.1. The number of carbonyl (C=O) groups excluding carboxylic acids is 2. The van der Waals surface area contributed by atoms with Gasteiger partial charge in [-0.1, -0.05) is 6.07 Å². The van der Waals surface area contributed by atoms with Crippen LogP contribution in [0.4, 0.5) is 5.69 Å². The molecule has 1 aromatic carbocycles. The van der Waals surface area contributed by atoms with E-state index in [9.17, 15) is 9.59 Å².